The molecule has 24 heavy (non-hydrogen) atoms. The number of aromatic nitrogens is 2. The number of aryl methyl sites for hydroxylation is 1. The molecule has 5 nitrogen and oxygen atoms in total. The first-order valence-corrected chi connectivity index (χ1v) is 7.63. The Labute approximate surface area is 141 Å². The van der Waals surface area contributed by atoms with Crippen LogP contribution in [-0.2, 0) is 0 Å². The van der Waals surface area contributed by atoms with E-state index in [0.717, 1.165) is 16.9 Å². The predicted octanol–water partition coefficient (Wildman–Crippen LogP) is 3.81. The summed E-state index contributed by atoms with van der Waals surface area (Å²) in [5.74, 6) is 0.212. The van der Waals surface area contributed by atoms with Crippen molar-refractivity contribution >= 4 is 23.2 Å². The van der Waals surface area contributed by atoms with Gasteiger partial charge in [0, 0.05) is 24.6 Å². The minimum absolute atomic E-state index is 0.184. The molecule has 5 heteroatoms. The van der Waals surface area contributed by atoms with Gasteiger partial charge in [0.05, 0.1) is 0 Å². The van der Waals surface area contributed by atoms with Gasteiger partial charge in [-0.05, 0) is 42.8 Å². The van der Waals surface area contributed by atoms with Crippen LogP contribution in [0.3, 0.4) is 0 Å². The largest absolute Gasteiger partial charge is 0.324 e. The minimum atomic E-state index is -0.184. The molecule has 0 atom stereocenters. The normalized spacial score (nSPS) is 10.2. The molecule has 1 N–H and O–H groups in total. The van der Waals surface area contributed by atoms with Gasteiger partial charge in [0.1, 0.15) is 5.69 Å². The van der Waals surface area contributed by atoms with Crippen LogP contribution in [-0.4, -0.2) is 22.9 Å². The molecule has 0 aliphatic heterocycles. The molecule has 1 aromatic heterocycles. The highest BCUT2D eigenvalue weighted by atomic mass is 16.2. The maximum atomic E-state index is 12.6. The van der Waals surface area contributed by atoms with Crippen LogP contribution in [0.15, 0.2) is 66.9 Å². The van der Waals surface area contributed by atoms with E-state index in [-0.39, 0.29) is 5.91 Å². The van der Waals surface area contributed by atoms with Crippen molar-refractivity contribution in [2.75, 3.05) is 17.3 Å². The Morgan fingerprint density at radius 2 is 1.83 bits per heavy atom. The number of amides is 1. The van der Waals surface area contributed by atoms with Crippen LogP contribution in [0.4, 0.5) is 17.3 Å². The second kappa shape index (κ2) is 6.91. The summed E-state index contributed by atoms with van der Waals surface area (Å²) >= 11 is 0. The van der Waals surface area contributed by atoms with Crippen molar-refractivity contribution in [3.8, 4) is 0 Å². The van der Waals surface area contributed by atoms with Gasteiger partial charge < -0.3 is 10.2 Å². The molecule has 0 radical (unpaired) electrons. The van der Waals surface area contributed by atoms with Crippen molar-refractivity contribution in [3.63, 3.8) is 0 Å². The van der Waals surface area contributed by atoms with Crippen molar-refractivity contribution in [2.24, 2.45) is 0 Å². The lowest BCUT2D eigenvalue weighted by molar-refractivity contribution is 0.0988. The second-order valence-electron chi connectivity index (χ2n) is 5.46. The summed E-state index contributed by atoms with van der Waals surface area (Å²) in [4.78, 5) is 22.7. The molecule has 1 heterocycles. The molecule has 2 aromatic carbocycles. The van der Waals surface area contributed by atoms with Gasteiger partial charge in [0.2, 0.25) is 5.95 Å². The van der Waals surface area contributed by atoms with Crippen LogP contribution < -0.4 is 10.2 Å². The quantitative estimate of drug-likeness (QED) is 0.795. The van der Waals surface area contributed by atoms with Crippen molar-refractivity contribution in [2.45, 2.75) is 6.92 Å². The molecule has 0 saturated heterocycles. The number of benzene rings is 2. The van der Waals surface area contributed by atoms with Crippen LogP contribution in [0, 0.1) is 6.92 Å². The number of rotatable bonds is 4. The highest BCUT2D eigenvalue weighted by Crippen LogP contribution is 2.17. The van der Waals surface area contributed by atoms with Gasteiger partial charge in [-0.15, -0.1) is 0 Å². The lowest BCUT2D eigenvalue weighted by Crippen LogP contribution is -2.27. The molecular formula is C19H18N4O. The summed E-state index contributed by atoms with van der Waals surface area (Å²) in [5, 5.41) is 3.13. The van der Waals surface area contributed by atoms with Crippen LogP contribution in [0.1, 0.15) is 16.1 Å². The topological polar surface area (TPSA) is 58.1 Å². The van der Waals surface area contributed by atoms with Gasteiger partial charge >= 0.3 is 0 Å². The van der Waals surface area contributed by atoms with E-state index in [1.807, 2.05) is 61.5 Å². The summed E-state index contributed by atoms with van der Waals surface area (Å²) < 4.78 is 0. The minimum Gasteiger partial charge on any atom is -0.324 e. The average molecular weight is 318 g/mol. The number of hydrogen-bond donors (Lipinski definition) is 1. The van der Waals surface area contributed by atoms with E-state index in [9.17, 15) is 4.79 Å². The zero-order valence-corrected chi connectivity index (χ0v) is 13.6. The monoisotopic (exact) mass is 318 g/mol. The Morgan fingerprint density at radius 3 is 2.58 bits per heavy atom. The van der Waals surface area contributed by atoms with Crippen LogP contribution in [0.5, 0.6) is 0 Å². The molecule has 0 bridgehead atoms. The lowest BCUT2D eigenvalue weighted by atomic mass is 10.2. The van der Waals surface area contributed by atoms with Gasteiger partial charge in [0.25, 0.3) is 5.91 Å². The van der Waals surface area contributed by atoms with E-state index in [1.165, 1.54) is 0 Å². The van der Waals surface area contributed by atoms with Crippen molar-refractivity contribution in [1.29, 1.82) is 0 Å². The van der Waals surface area contributed by atoms with Gasteiger partial charge in [-0.25, -0.2) is 9.97 Å². The number of carbonyl (C=O) groups excluding carboxylic acids is 1. The van der Waals surface area contributed by atoms with E-state index in [0.29, 0.717) is 11.6 Å². The average Bonchev–Trinajstić information content (AvgIpc) is 2.61. The van der Waals surface area contributed by atoms with Gasteiger partial charge in [-0.3, -0.25) is 4.79 Å². The van der Waals surface area contributed by atoms with E-state index < -0.39 is 0 Å². The molecule has 120 valence electrons. The second-order valence-corrected chi connectivity index (χ2v) is 5.46. The third-order valence-electron chi connectivity index (χ3n) is 3.60. The van der Waals surface area contributed by atoms with Crippen molar-refractivity contribution in [1.82, 2.24) is 9.97 Å². The number of para-hydroxylation sites is 1. The van der Waals surface area contributed by atoms with Gasteiger partial charge in [-0.2, -0.15) is 0 Å². The summed E-state index contributed by atoms with van der Waals surface area (Å²) in [6, 6.07) is 19.0. The standard InChI is InChI=1S/C19H18N4O/c1-14-7-6-8-15(13-14)21-19-20-12-11-17(22-19)18(24)23(2)16-9-4-3-5-10-16/h3-13H,1-2H3,(H,20,21,22). The van der Waals surface area contributed by atoms with Crippen molar-refractivity contribution in [3.05, 3.63) is 78.1 Å². The van der Waals surface area contributed by atoms with E-state index >= 15 is 0 Å². The van der Waals surface area contributed by atoms with Gasteiger partial charge in [-0.1, -0.05) is 30.3 Å². The fraction of sp³-hybridized carbons (Fsp3) is 0.105. The first-order chi connectivity index (χ1) is 11.6. The lowest BCUT2D eigenvalue weighted by Gasteiger charge is -2.17. The fourth-order valence-corrected chi connectivity index (χ4v) is 2.33. The number of nitrogens with zero attached hydrogens (tertiary/aromatic N) is 3. The SMILES string of the molecule is Cc1cccc(Nc2nccc(C(=O)N(C)c3ccccc3)n2)c1. The third-order valence-corrected chi connectivity index (χ3v) is 3.60. The molecule has 0 aliphatic carbocycles. The Bertz CT molecular complexity index is 849. The van der Waals surface area contributed by atoms with E-state index in [1.54, 1.807) is 24.2 Å². The van der Waals surface area contributed by atoms with Crippen LogP contribution >= 0.6 is 0 Å². The molecular weight excluding hydrogens is 300 g/mol. The number of nitrogens with one attached hydrogen (secondary N) is 1. The Hall–Kier alpha value is -3.21. The highest BCUT2D eigenvalue weighted by molar-refractivity contribution is 6.04. The molecule has 1 amide bonds. The maximum Gasteiger partial charge on any atom is 0.276 e. The smallest absolute Gasteiger partial charge is 0.276 e. The summed E-state index contributed by atoms with van der Waals surface area (Å²) in [7, 11) is 1.73. The Balaban J connectivity index is 1.81. The summed E-state index contributed by atoms with van der Waals surface area (Å²) in [5.41, 5.74) is 3.17. The molecule has 0 spiro atoms. The Kier molecular flexibility index (Phi) is 4.52. The molecule has 0 unspecified atom stereocenters. The van der Waals surface area contributed by atoms with E-state index in [4.69, 9.17) is 0 Å². The molecule has 0 aliphatic rings. The zero-order chi connectivity index (χ0) is 16.9. The van der Waals surface area contributed by atoms with Crippen molar-refractivity contribution < 1.29 is 4.79 Å². The third kappa shape index (κ3) is 3.57. The predicted molar refractivity (Wildman–Crippen MR) is 95.7 cm³/mol. The Morgan fingerprint density at radius 1 is 1.04 bits per heavy atom. The van der Waals surface area contributed by atoms with Crippen LogP contribution in [0.25, 0.3) is 0 Å². The molecule has 3 rings (SSSR count). The van der Waals surface area contributed by atoms with E-state index in [2.05, 4.69) is 15.3 Å². The molecule has 0 saturated carbocycles. The first-order valence-electron chi connectivity index (χ1n) is 7.63. The maximum absolute atomic E-state index is 12.6. The molecule has 3 aromatic rings. The van der Waals surface area contributed by atoms with Crippen LogP contribution in [0.2, 0.25) is 0 Å². The number of hydrogen-bond acceptors (Lipinski definition) is 4. The highest BCUT2D eigenvalue weighted by Gasteiger charge is 2.15. The zero-order valence-electron chi connectivity index (χ0n) is 13.6. The molecule has 0 fully saturated rings. The fourth-order valence-electron chi connectivity index (χ4n) is 2.33. The number of carbonyl (C=O) groups is 1. The summed E-state index contributed by atoms with van der Waals surface area (Å²) in [6.45, 7) is 2.01. The summed E-state index contributed by atoms with van der Waals surface area (Å²) in [6.07, 6.45) is 1.58. The number of anilines is 3. The first kappa shape index (κ1) is 15.7. The van der Waals surface area contributed by atoms with Gasteiger partial charge in [0.15, 0.2) is 0 Å².